The van der Waals surface area contributed by atoms with Gasteiger partial charge in [0.2, 0.25) is 0 Å². The first-order valence-electron chi connectivity index (χ1n) is 5.24. The highest BCUT2D eigenvalue weighted by molar-refractivity contribution is 5.89. The minimum absolute atomic E-state index is 0.0809. The second-order valence-corrected chi connectivity index (χ2v) is 3.61. The fourth-order valence-corrected chi connectivity index (χ4v) is 1.23. The number of halogens is 3. The van der Waals surface area contributed by atoms with E-state index >= 15 is 0 Å². The van der Waals surface area contributed by atoms with E-state index in [1.807, 2.05) is 0 Å². The molecule has 0 unspecified atom stereocenters. The zero-order valence-electron chi connectivity index (χ0n) is 9.79. The SMILES string of the molecule is COC(=O)c1ccc(COCCC(F)(F)F)cc1. The predicted octanol–water partition coefficient (Wildman–Crippen LogP) is 2.94. The number of rotatable bonds is 5. The number of hydrogen-bond acceptors (Lipinski definition) is 3. The lowest BCUT2D eigenvalue weighted by molar-refractivity contribution is -0.146. The molecule has 1 rings (SSSR count). The normalized spacial score (nSPS) is 11.3. The van der Waals surface area contributed by atoms with Gasteiger partial charge in [-0.15, -0.1) is 0 Å². The second kappa shape index (κ2) is 6.39. The van der Waals surface area contributed by atoms with Crippen LogP contribution in [0, 0.1) is 0 Å². The van der Waals surface area contributed by atoms with Crippen molar-refractivity contribution < 1.29 is 27.4 Å². The van der Waals surface area contributed by atoms with E-state index in [0.717, 1.165) is 0 Å². The van der Waals surface area contributed by atoms with Crippen molar-refractivity contribution in [2.45, 2.75) is 19.2 Å². The van der Waals surface area contributed by atoms with Gasteiger partial charge in [0.25, 0.3) is 0 Å². The number of ether oxygens (including phenoxy) is 2. The van der Waals surface area contributed by atoms with Crippen LogP contribution in [0.5, 0.6) is 0 Å². The first-order valence-corrected chi connectivity index (χ1v) is 5.24. The van der Waals surface area contributed by atoms with Crippen molar-refractivity contribution in [2.75, 3.05) is 13.7 Å². The van der Waals surface area contributed by atoms with Gasteiger partial charge in [0.15, 0.2) is 0 Å². The van der Waals surface area contributed by atoms with E-state index in [1.54, 1.807) is 12.1 Å². The van der Waals surface area contributed by atoms with E-state index in [4.69, 9.17) is 4.74 Å². The van der Waals surface area contributed by atoms with Crippen molar-refractivity contribution >= 4 is 5.97 Å². The Morgan fingerprint density at radius 3 is 2.33 bits per heavy atom. The maximum atomic E-state index is 11.8. The highest BCUT2D eigenvalue weighted by Crippen LogP contribution is 2.19. The quantitative estimate of drug-likeness (QED) is 0.604. The van der Waals surface area contributed by atoms with Crippen LogP contribution in [0.4, 0.5) is 13.2 Å². The molecule has 0 amide bonds. The number of carbonyl (C=O) groups is 1. The Morgan fingerprint density at radius 2 is 1.83 bits per heavy atom. The largest absolute Gasteiger partial charge is 0.465 e. The molecule has 6 heteroatoms. The van der Waals surface area contributed by atoms with Crippen molar-refractivity contribution in [3.05, 3.63) is 35.4 Å². The molecule has 0 aromatic heterocycles. The van der Waals surface area contributed by atoms with Gasteiger partial charge in [0.05, 0.1) is 32.3 Å². The third kappa shape index (κ3) is 5.18. The summed E-state index contributed by atoms with van der Waals surface area (Å²) in [6.07, 6.45) is -5.16. The highest BCUT2D eigenvalue weighted by Gasteiger charge is 2.26. The molecule has 0 N–H and O–H groups in total. The van der Waals surface area contributed by atoms with Gasteiger partial charge in [-0.2, -0.15) is 13.2 Å². The molecule has 0 fully saturated rings. The Hall–Kier alpha value is -1.56. The number of hydrogen-bond donors (Lipinski definition) is 0. The fourth-order valence-electron chi connectivity index (χ4n) is 1.23. The lowest BCUT2D eigenvalue weighted by Gasteiger charge is -2.07. The molecular formula is C12H13F3O3. The van der Waals surface area contributed by atoms with Gasteiger partial charge >= 0.3 is 12.1 Å². The Bertz CT molecular complexity index is 385. The summed E-state index contributed by atoms with van der Waals surface area (Å²) in [5, 5.41) is 0. The van der Waals surface area contributed by atoms with Crippen LogP contribution in [-0.4, -0.2) is 25.9 Å². The van der Waals surface area contributed by atoms with Gasteiger partial charge in [-0.25, -0.2) is 4.79 Å². The number of carbonyl (C=O) groups excluding carboxylic acids is 1. The Labute approximate surface area is 103 Å². The summed E-state index contributed by atoms with van der Waals surface area (Å²) < 4.78 is 44.9. The Balaban J connectivity index is 2.38. The van der Waals surface area contributed by atoms with Crippen molar-refractivity contribution in [3.8, 4) is 0 Å². The highest BCUT2D eigenvalue weighted by atomic mass is 19.4. The van der Waals surface area contributed by atoms with Crippen molar-refractivity contribution in [1.82, 2.24) is 0 Å². The molecule has 0 bridgehead atoms. The summed E-state index contributed by atoms with van der Waals surface area (Å²) in [7, 11) is 1.27. The monoisotopic (exact) mass is 262 g/mol. The molecule has 0 aliphatic heterocycles. The summed E-state index contributed by atoms with van der Waals surface area (Å²) in [5.74, 6) is -0.459. The fraction of sp³-hybridized carbons (Fsp3) is 0.417. The third-order valence-corrected chi connectivity index (χ3v) is 2.17. The summed E-state index contributed by atoms with van der Waals surface area (Å²) in [5.41, 5.74) is 1.08. The van der Waals surface area contributed by atoms with Crippen molar-refractivity contribution in [2.24, 2.45) is 0 Å². The van der Waals surface area contributed by atoms with Gasteiger partial charge in [-0.05, 0) is 17.7 Å². The van der Waals surface area contributed by atoms with Crippen LogP contribution in [0.15, 0.2) is 24.3 Å². The molecule has 0 aliphatic rings. The van der Waals surface area contributed by atoms with E-state index < -0.39 is 18.6 Å². The molecule has 100 valence electrons. The third-order valence-electron chi connectivity index (χ3n) is 2.17. The maximum Gasteiger partial charge on any atom is 0.391 e. The summed E-state index contributed by atoms with van der Waals surface area (Å²) >= 11 is 0. The zero-order valence-corrected chi connectivity index (χ0v) is 9.79. The zero-order chi connectivity index (χ0) is 13.6. The average Bonchev–Trinajstić information content (AvgIpc) is 2.33. The molecule has 3 nitrogen and oxygen atoms in total. The molecule has 0 radical (unpaired) electrons. The average molecular weight is 262 g/mol. The van der Waals surface area contributed by atoms with E-state index in [2.05, 4.69) is 4.74 Å². The van der Waals surface area contributed by atoms with E-state index in [9.17, 15) is 18.0 Å². The first-order chi connectivity index (χ1) is 8.42. The molecule has 1 aromatic rings. The topological polar surface area (TPSA) is 35.5 Å². The van der Waals surface area contributed by atoms with Gasteiger partial charge in [-0.1, -0.05) is 12.1 Å². The molecule has 0 aliphatic carbocycles. The minimum atomic E-state index is -4.20. The maximum absolute atomic E-state index is 11.8. The van der Waals surface area contributed by atoms with Crippen molar-refractivity contribution in [1.29, 1.82) is 0 Å². The molecule has 0 spiro atoms. The second-order valence-electron chi connectivity index (χ2n) is 3.61. The molecule has 0 saturated heterocycles. The van der Waals surface area contributed by atoms with Crippen LogP contribution in [0.25, 0.3) is 0 Å². The number of methoxy groups -OCH3 is 1. The molecule has 0 atom stereocenters. The van der Waals surface area contributed by atoms with E-state index in [1.165, 1.54) is 19.2 Å². The van der Waals surface area contributed by atoms with Gasteiger partial charge in [-0.3, -0.25) is 0 Å². The lowest BCUT2D eigenvalue weighted by Crippen LogP contribution is -2.11. The van der Waals surface area contributed by atoms with E-state index in [-0.39, 0.29) is 13.2 Å². The Morgan fingerprint density at radius 1 is 1.22 bits per heavy atom. The van der Waals surface area contributed by atoms with Crippen LogP contribution in [-0.2, 0) is 16.1 Å². The summed E-state index contributed by atoms with van der Waals surface area (Å²) in [4.78, 5) is 11.1. The van der Waals surface area contributed by atoms with Crippen LogP contribution in [0.3, 0.4) is 0 Å². The van der Waals surface area contributed by atoms with Gasteiger partial charge < -0.3 is 9.47 Å². The lowest BCUT2D eigenvalue weighted by atomic mass is 10.1. The molecule has 0 saturated carbocycles. The van der Waals surface area contributed by atoms with Crippen LogP contribution in [0.1, 0.15) is 22.3 Å². The van der Waals surface area contributed by atoms with Gasteiger partial charge in [0.1, 0.15) is 0 Å². The first kappa shape index (κ1) is 14.5. The van der Waals surface area contributed by atoms with Crippen LogP contribution < -0.4 is 0 Å². The summed E-state index contributed by atoms with van der Waals surface area (Å²) in [6, 6.07) is 6.29. The van der Waals surface area contributed by atoms with Crippen molar-refractivity contribution in [3.63, 3.8) is 0 Å². The minimum Gasteiger partial charge on any atom is -0.465 e. The van der Waals surface area contributed by atoms with Crippen LogP contribution >= 0.6 is 0 Å². The Kier molecular flexibility index (Phi) is 5.15. The number of alkyl halides is 3. The predicted molar refractivity (Wildman–Crippen MR) is 58.1 cm³/mol. The van der Waals surface area contributed by atoms with Gasteiger partial charge in [0, 0.05) is 0 Å². The molecule has 0 heterocycles. The molecule has 18 heavy (non-hydrogen) atoms. The summed E-state index contributed by atoms with van der Waals surface area (Å²) in [6.45, 7) is -0.292. The smallest absolute Gasteiger partial charge is 0.391 e. The number of esters is 1. The molecule has 1 aromatic carbocycles. The number of benzene rings is 1. The molecular weight excluding hydrogens is 249 g/mol. The standard InChI is InChI=1S/C12H13F3O3/c1-17-11(16)10-4-2-9(3-5-10)8-18-7-6-12(13,14)15/h2-5H,6-8H2,1H3. The van der Waals surface area contributed by atoms with E-state index in [0.29, 0.717) is 11.1 Å². The van der Waals surface area contributed by atoms with Crippen LogP contribution in [0.2, 0.25) is 0 Å².